The van der Waals surface area contributed by atoms with Crippen LogP contribution in [0.5, 0.6) is 0 Å². The summed E-state index contributed by atoms with van der Waals surface area (Å²) in [7, 11) is 0. The van der Waals surface area contributed by atoms with Gasteiger partial charge in [-0.3, -0.25) is 4.79 Å². The Bertz CT molecular complexity index is 813. The molecule has 1 amide bonds. The van der Waals surface area contributed by atoms with Crippen molar-refractivity contribution < 1.29 is 4.79 Å². The van der Waals surface area contributed by atoms with Gasteiger partial charge in [0.05, 0.1) is 0 Å². The molecule has 0 spiro atoms. The lowest BCUT2D eigenvalue weighted by atomic mass is 10.1. The van der Waals surface area contributed by atoms with Crippen molar-refractivity contribution >= 4 is 34.0 Å². The van der Waals surface area contributed by atoms with Crippen LogP contribution in [0.15, 0.2) is 54.6 Å². The first-order valence-corrected chi connectivity index (χ1v) is 6.94. The first-order valence-electron chi connectivity index (χ1n) is 6.57. The molecule has 0 aliphatic rings. The van der Waals surface area contributed by atoms with Gasteiger partial charge in [-0.2, -0.15) is 0 Å². The number of rotatable bonds is 2. The van der Waals surface area contributed by atoms with E-state index in [4.69, 9.17) is 11.6 Å². The molecule has 0 fully saturated rings. The highest BCUT2D eigenvalue weighted by Gasteiger charge is 2.11. The molecule has 0 radical (unpaired) electrons. The molecule has 104 valence electrons. The Hall–Kier alpha value is -2.39. The van der Waals surface area contributed by atoms with Crippen molar-refractivity contribution in [3.8, 4) is 0 Å². The summed E-state index contributed by atoms with van der Waals surface area (Å²) in [6, 6.07) is 16.9. The molecule has 1 N–H and O–H groups in total. The molecule has 0 aliphatic carbocycles. The number of hydrogen-bond donors (Lipinski definition) is 1. The molecule has 0 bridgehead atoms. The number of nitrogens with one attached hydrogen (secondary N) is 1. The quantitative estimate of drug-likeness (QED) is 0.710. The standard InChI is InChI=1S/C17H13ClN2O/c1-11-6-8-13(9-7-11)19-17(21)15-10-12-4-2-3-5-14(12)16(18)20-15/h2-10H,1H3,(H,19,21). The smallest absolute Gasteiger partial charge is 0.274 e. The average Bonchev–Trinajstić information content (AvgIpc) is 2.49. The second-order valence-electron chi connectivity index (χ2n) is 4.84. The van der Waals surface area contributed by atoms with E-state index in [2.05, 4.69) is 10.3 Å². The number of aromatic nitrogens is 1. The van der Waals surface area contributed by atoms with Crippen LogP contribution in [0.25, 0.3) is 10.8 Å². The molecule has 0 saturated heterocycles. The van der Waals surface area contributed by atoms with Gasteiger partial charge in [-0.15, -0.1) is 0 Å². The Kier molecular flexibility index (Phi) is 3.59. The molecule has 1 heterocycles. The summed E-state index contributed by atoms with van der Waals surface area (Å²) < 4.78 is 0. The fourth-order valence-corrected chi connectivity index (χ4v) is 2.37. The monoisotopic (exact) mass is 296 g/mol. The van der Waals surface area contributed by atoms with Gasteiger partial charge in [0.1, 0.15) is 10.8 Å². The van der Waals surface area contributed by atoms with E-state index in [0.717, 1.165) is 22.0 Å². The van der Waals surface area contributed by atoms with Gasteiger partial charge in [-0.05, 0) is 30.5 Å². The number of halogens is 1. The maximum Gasteiger partial charge on any atom is 0.274 e. The Morgan fingerprint density at radius 3 is 2.57 bits per heavy atom. The molecular weight excluding hydrogens is 284 g/mol. The van der Waals surface area contributed by atoms with Crippen LogP contribution in [0.2, 0.25) is 5.15 Å². The Balaban J connectivity index is 1.92. The second kappa shape index (κ2) is 5.54. The first-order chi connectivity index (χ1) is 10.1. The summed E-state index contributed by atoms with van der Waals surface area (Å²) in [4.78, 5) is 16.4. The number of nitrogens with zero attached hydrogens (tertiary/aromatic N) is 1. The summed E-state index contributed by atoms with van der Waals surface area (Å²) in [5.74, 6) is -0.272. The van der Waals surface area contributed by atoms with E-state index in [1.807, 2.05) is 55.5 Å². The number of aryl methyl sites for hydroxylation is 1. The molecule has 4 heteroatoms. The topological polar surface area (TPSA) is 42.0 Å². The van der Waals surface area contributed by atoms with E-state index in [1.165, 1.54) is 0 Å². The van der Waals surface area contributed by atoms with Crippen LogP contribution >= 0.6 is 11.6 Å². The number of carbonyl (C=O) groups is 1. The zero-order valence-corrected chi connectivity index (χ0v) is 12.2. The molecule has 3 nitrogen and oxygen atoms in total. The largest absolute Gasteiger partial charge is 0.321 e. The fraction of sp³-hybridized carbons (Fsp3) is 0.0588. The van der Waals surface area contributed by atoms with Crippen LogP contribution in [0, 0.1) is 6.92 Å². The molecule has 0 unspecified atom stereocenters. The predicted octanol–water partition coefficient (Wildman–Crippen LogP) is 4.45. The minimum atomic E-state index is -0.272. The lowest BCUT2D eigenvalue weighted by molar-refractivity contribution is 0.102. The van der Waals surface area contributed by atoms with Crippen LogP contribution in [0.3, 0.4) is 0 Å². The highest BCUT2D eigenvalue weighted by Crippen LogP contribution is 2.22. The van der Waals surface area contributed by atoms with Gasteiger partial charge < -0.3 is 5.32 Å². The number of fused-ring (bicyclic) bond motifs is 1. The van der Waals surface area contributed by atoms with Crippen molar-refractivity contribution in [3.05, 3.63) is 71.0 Å². The molecule has 0 atom stereocenters. The molecule has 0 saturated carbocycles. The third-order valence-electron chi connectivity index (χ3n) is 3.24. The normalized spacial score (nSPS) is 10.6. The van der Waals surface area contributed by atoms with E-state index < -0.39 is 0 Å². The summed E-state index contributed by atoms with van der Waals surface area (Å²) in [6.07, 6.45) is 0. The van der Waals surface area contributed by atoms with Gasteiger partial charge >= 0.3 is 0 Å². The molecule has 3 aromatic rings. The van der Waals surface area contributed by atoms with Crippen LogP contribution in [-0.2, 0) is 0 Å². The average molecular weight is 297 g/mol. The van der Waals surface area contributed by atoms with Gasteiger partial charge in [0.2, 0.25) is 0 Å². The molecule has 1 aromatic heterocycles. The van der Waals surface area contributed by atoms with Gasteiger partial charge in [-0.1, -0.05) is 53.6 Å². The number of pyridine rings is 1. The van der Waals surface area contributed by atoms with Crippen molar-refractivity contribution in [1.82, 2.24) is 4.98 Å². The number of carbonyl (C=O) groups excluding carboxylic acids is 1. The molecule has 2 aromatic carbocycles. The van der Waals surface area contributed by atoms with Crippen LogP contribution in [0.1, 0.15) is 16.1 Å². The molecular formula is C17H13ClN2O. The maximum absolute atomic E-state index is 12.3. The van der Waals surface area contributed by atoms with Gasteiger partial charge in [-0.25, -0.2) is 4.98 Å². The lowest BCUT2D eigenvalue weighted by Gasteiger charge is -2.07. The number of hydrogen-bond acceptors (Lipinski definition) is 2. The summed E-state index contributed by atoms with van der Waals surface area (Å²) in [6.45, 7) is 2.00. The number of anilines is 1. The van der Waals surface area contributed by atoms with Gasteiger partial charge in [0, 0.05) is 11.1 Å². The van der Waals surface area contributed by atoms with Crippen molar-refractivity contribution in [1.29, 1.82) is 0 Å². The van der Waals surface area contributed by atoms with E-state index in [9.17, 15) is 4.79 Å². The van der Waals surface area contributed by atoms with Crippen LogP contribution in [0.4, 0.5) is 5.69 Å². The van der Waals surface area contributed by atoms with Crippen molar-refractivity contribution in [3.63, 3.8) is 0 Å². The van der Waals surface area contributed by atoms with Crippen molar-refractivity contribution in [2.75, 3.05) is 5.32 Å². The minimum absolute atomic E-state index is 0.272. The highest BCUT2D eigenvalue weighted by atomic mass is 35.5. The predicted molar refractivity (Wildman–Crippen MR) is 85.9 cm³/mol. The zero-order valence-electron chi connectivity index (χ0n) is 11.4. The lowest BCUT2D eigenvalue weighted by Crippen LogP contribution is -2.13. The summed E-state index contributed by atoms with van der Waals surface area (Å²) >= 11 is 6.14. The van der Waals surface area contributed by atoms with E-state index in [-0.39, 0.29) is 5.91 Å². The third-order valence-corrected chi connectivity index (χ3v) is 3.52. The molecule has 3 rings (SSSR count). The fourth-order valence-electron chi connectivity index (χ4n) is 2.10. The Morgan fingerprint density at radius 2 is 1.81 bits per heavy atom. The van der Waals surface area contributed by atoms with Crippen molar-refractivity contribution in [2.24, 2.45) is 0 Å². The molecule has 0 aliphatic heterocycles. The van der Waals surface area contributed by atoms with Gasteiger partial charge in [0.15, 0.2) is 0 Å². The molecule has 21 heavy (non-hydrogen) atoms. The van der Waals surface area contributed by atoms with Gasteiger partial charge in [0.25, 0.3) is 5.91 Å². The second-order valence-corrected chi connectivity index (χ2v) is 5.20. The third kappa shape index (κ3) is 2.88. The maximum atomic E-state index is 12.3. The number of amides is 1. The van der Waals surface area contributed by atoms with E-state index in [0.29, 0.717) is 10.8 Å². The van der Waals surface area contributed by atoms with Crippen molar-refractivity contribution in [2.45, 2.75) is 6.92 Å². The minimum Gasteiger partial charge on any atom is -0.321 e. The summed E-state index contributed by atoms with van der Waals surface area (Å²) in [5, 5.41) is 4.89. The first kappa shape index (κ1) is 13.6. The van der Waals surface area contributed by atoms with Crippen LogP contribution < -0.4 is 5.32 Å². The highest BCUT2D eigenvalue weighted by molar-refractivity contribution is 6.34. The van der Waals surface area contributed by atoms with Crippen LogP contribution in [-0.4, -0.2) is 10.9 Å². The Morgan fingerprint density at radius 1 is 1.10 bits per heavy atom. The van der Waals surface area contributed by atoms with E-state index in [1.54, 1.807) is 6.07 Å². The number of benzene rings is 2. The SMILES string of the molecule is Cc1ccc(NC(=O)c2cc3ccccc3c(Cl)n2)cc1. The zero-order chi connectivity index (χ0) is 14.8. The Labute approximate surface area is 127 Å². The summed E-state index contributed by atoms with van der Waals surface area (Å²) in [5.41, 5.74) is 2.18. The van der Waals surface area contributed by atoms with E-state index >= 15 is 0 Å².